The van der Waals surface area contributed by atoms with Crippen LogP contribution in [0.15, 0.2) is 35.1 Å². The van der Waals surface area contributed by atoms with Gasteiger partial charge < -0.3 is 18.5 Å². The van der Waals surface area contributed by atoms with Crippen molar-refractivity contribution < 1.29 is 9.15 Å². The van der Waals surface area contributed by atoms with Crippen LogP contribution in [0.1, 0.15) is 18.9 Å². The fourth-order valence-electron chi connectivity index (χ4n) is 2.83. The molecule has 0 radical (unpaired) electrons. The topological polar surface area (TPSA) is 68.7 Å². The lowest BCUT2D eigenvalue weighted by atomic mass is 10.2. The van der Waals surface area contributed by atoms with Crippen molar-refractivity contribution in [3.05, 3.63) is 36.6 Å². The van der Waals surface area contributed by atoms with E-state index in [0.717, 1.165) is 24.3 Å². The van der Waals surface area contributed by atoms with Crippen molar-refractivity contribution in [2.24, 2.45) is 0 Å². The molecule has 4 heterocycles. The van der Waals surface area contributed by atoms with Gasteiger partial charge in [-0.2, -0.15) is 0 Å². The van der Waals surface area contributed by atoms with E-state index in [9.17, 15) is 0 Å². The van der Waals surface area contributed by atoms with Crippen LogP contribution >= 0.6 is 0 Å². The molecule has 0 aliphatic carbocycles. The Hall–Kier alpha value is -2.25. The van der Waals surface area contributed by atoms with Crippen molar-refractivity contribution in [3.63, 3.8) is 0 Å². The smallest absolute Gasteiger partial charge is 0.249 e. The van der Waals surface area contributed by atoms with Gasteiger partial charge in [-0.05, 0) is 26.1 Å². The van der Waals surface area contributed by atoms with Gasteiger partial charge in [-0.15, -0.1) is 10.2 Å². The maximum absolute atomic E-state index is 5.90. The first-order chi connectivity index (χ1) is 10.7. The Kier molecular flexibility index (Phi) is 3.16. The zero-order valence-electron chi connectivity index (χ0n) is 12.5. The van der Waals surface area contributed by atoms with Crippen molar-refractivity contribution in [2.45, 2.75) is 19.1 Å². The largest absolute Gasteiger partial charge is 0.418 e. The maximum Gasteiger partial charge on any atom is 0.249 e. The molecule has 0 saturated carbocycles. The van der Waals surface area contributed by atoms with Crippen molar-refractivity contribution in [1.29, 1.82) is 0 Å². The number of rotatable bonds is 2. The van der Waals surface area contributed by atoms with Gasteiger partial charge in [-0.25, -0.2) is 4.98 Å². The first-order valence-corrected chi connectivity index (χ1v) is 7.29. The minimum Gasteiger partial charge on any atom is -0.418 e. The minimum absolute atomic E-state index is 0.154. The number of aromatic nitrogens is 4. The molecule has 0 bridgehead atoms. The van der Waals surface area contributed by atoms with E-state index in [1.807, 2.05) is 35.9 Å². The molecule has 0 unspecified atom stereocenters. The second-order valence-electron chi connectivity index (χ2n) is 5.71. The maximum atomic E-state index is 5.90. The summed E-state index contributed by atoms with van der Waals surface area (Å²) in [6.07, 6.45) is 5.55. The fourth-order valence-corrected chi connectivity index (χ4v) is 2.83. The lowest BCUT2D eigenvalue weighted by Gasteiger charge is -2.32. The number of hydrogen-bond acceptors (Lipinski definition) is 6. The van der Waals surface area contributed by atoms with Crippen LogP contribution in [-0.2, 0) is 4.74 Å². The lowest BCUT2D eigenvalue weighted by molar-refractivity contribution is -0.0821. The van der Waals surface area contributed by atoms with Crippen LogP contribution in [0.5, 0.6) is 0 Å². The molecule has 1 fully saturated rings. The second kappa shape index (κ2) is 5.19. The number of pyridine rings is 1. The molecular weight excluding hydrogens is 282 g/mol. The number of nitrogens with zero attached hydrogens (tertiary/aromatic N) is 5. The Morgan fingerprint density at radius 1 is 1.23 bits per heavy atom. The van der Waals surface area contributed by atoms with Gasteiger partial charge in [0.2, 0.25) is 11.8 Å². The van der Waals surface area contributed by atoms with E-state index in [4.69, 9.17) is 9.15 Å². The molecular formula is C15H17N5O2. The standard InChI is InChI=1S/C15H17N5O2/c1-10-7-19(2)9-12(21-10)15-18-17-14(22-15)11-3-4-13-16-5-6-20(13)8-11/h3-6,8,10,12H,7,9H2,1-2H3/t10-,12-/m1/s1. The third-order valence-electron chi connectivity index (χ3n) is 3.79. The third kappa shape index (κ3) is 2.38. The highest BCUT2D eigenvalue weighted by Gasteiger charge is 2.28. The Labute approximate surface area is 127 Å². The van der Waals surface area contributed by atoms with Gasteiger partial charge in [-0.3, -0.25) is 0 Å². The fraction of sp³-hybridized carbons (Fsp3) is 0.400. The van der Waals surface area contributed by atoms with E-state index in [-0.39, 0.29) is 12.2 Å². The van der Waals surface area contributed by atoms with Crippen LogP contribution in [0.25, 0.3) is 17.1 Å². The van der Waals surface area contributed by atoms with Crippen LogP contribution in [-0.4, -0.2) is 50.7 Å². The monoisotopic (exact) mass is 299 g/mol. The molecule has 3 aromatic rings. The number of morpholine rings is 1. The zero-order chi connectivity index (χ0) is 15.1. The summed E-state index contributed by atoms with van der Waals surface area (Å²) in [4.78, 5) is 6.43. The minimum atomic E-state index is -0.174. The van der Waals surface area contributed by atoms with Gasteiger partial charge in [0.1, 0.15) is 11.8 Å². The van der Waals surface area contributed by atoms with Crippen molar-refractivity contribution in [1.82, 2.24) is 24.5 Å². The number of imidazole rings is 1. The summed E-state index contributed by atoms with van der Waals surface area (Å²) in [5, 5.41) is 8.31. The molecule has 22 heavy (non-hydrogen) atoms. The highest BCUT2D eigenvalue weighted by Crippen LogP contribution is 2.26. The van der Waals surface area contributed by atoms with E-state index < -0.39 is 0 Å². The van der Waals surface area contributed by atoms with Gasteiger partial charge in [0.15, 0.2) is 0 Å². The SMILES string of the molecule is C[C@@H]1CN(C)C[C@H](c2nnc(-c3ccc4nccn4c3)o2)O1. The van der Waals surface area contributed by atoms with Gasteiger partial charge in [-0.1, -0.05) is 0 Å². The Morgan fingerprint density at radius 2 is 2.14 bits per heavy atom. The van der Waals surface area contributed by atoms with E-state index in [1.165, 1.54) is 0 Å². The van der Waals surface area contributed by atoms with Gasteiger partial charge in [0, 0.05) is 31.7 Å². The van der Waals surface area contributed by atoms with Crippen LogP contribution < -0.4 is 0 Å². The number of likely N-dealkylation sites (N-methyl/N-ethyl adjacent to an activating group) is 1. The van der Waals surface area contributed by atoms with Crippen LogP contribution in [0, 0.1) is 0 Å². The molecule has 7 heteroatoms. The van der Waals surface area contributed by atoms with Gasteiger partial charge in [0.05, 0.1) is 11.7 Å². The quantitative estimate of drug-likeness (QED) is 0.718. The molecule has 0 spiro atoms. The normalized spacial score (nSPS) is 23.2. The third-order valence-corrected chi connectivity index (χ3v) is 3.79. The summed E-state index contributed by atoms with van der Waals surface area (Å²) in [6.45, 7) is 3.72. The molecule has 2 atom stereocenters. The first-order valence-electron chi connectivity index (χ1n) is 7.29. The predicted molar refractivity (Wildman–Crippen MR) is 79.3 cm³/mol. The van der Waals surface area contributed by atoms with Crippen molar-refractivity contribution in [3.8, 4) is 11.5 Å². The molecule has 0 aromatic carbocycles. The highest BCUT2D eigenvalue weighted by atomic mass is 16.5. The van der Waals surface area contributed by atoms with Crippen LogP contribution in [0.3, 0.4) is 0 Å². The average molecular weight is 299 g/mol. The molecule has 1 aliphatic heterocycles. The summed E-state index contributed by atoms with van der Waals surface area (Å²) >= 11 is 0. The van der Waals surface area contributed by atoms with E-state index in [0.29, 0.717) is 11.8 Å². The molecule has 0 amide bonds. The number of ether oxygens (including phenoxy) is 1. The Balaban J connectivity index is 1.63. The summed E-state index contributed by atoms with van der Waals surface area (Å²) in [5.41, 5.74) is 1.75. The molecule has 1 aliphatic rings. The Bertz CT molecular complexity index is 786. The Morgan fingerprint density at radius 3 is 3.00 bits per heavy atom. The predicted octanol–water partition coefficient (Wildman–Crippen LogP) is 1.78. The molecule has 7 nitrogen and oxygen atoms in total. The lowest BCUT2D eigenvalue weighted by Crippen LogP contribution is -2.40. The van der Waals surface area contributed by atoms with E-state index >= 15 is 0 Å². The van der Waals surface area contributed by atoms with Crippen LogP contribution in [0.2, 0.25) is 0 Å². The molecule has 114 valence electrons. The second-order valence-corrected chi connectivity index (χ2v) is 5.71. The van der Waals surface area contributed by atoms with Gasteiger partial charge in [0.25, 0.3) is 0 Å². The summed E-state index contributed by atoms with van der Waals surface area (Å²) in [7, 11) is 2.07. The zero-order valence-corrected chi connectivity index (χ0v) is 12.5. The van der Waals surface area contributed by atoms with E-state index in [2.05, 4.69) is 27.1 Å². The average Bonchev–Trinajstić information content (AvgIpc) is 3.14. The van der Waals surface area contributed by atoms with Crippen molar-refractivity contribution >= 4 is 5.65 Å². The molecule has 3 aromatic heterocycles. The first kappa shape index (κ1) is 13.4. The summed E-state index contributed by atoms with van der Waals surface area (Å²) in [6, 6.07) is 3.85. The van der Waals surface area contributed by atoms with Gasteiger partial charge >= 0.3 is 0 Å². The molecule has 4 rings (SSSR count). The molecule has 1 saturated heterocycles. The summed E-state index contributed by atoms with van der Waals surface area (Å²) in [5.74, 6) is 1.02. The van der Waals surface area contributed by atoms with Crippen molar-refractivity contribution in [2.75, 3.05) is 20.1 Å². The molecule has 0 N–H and O–H groups in total. The van der Waals surface area contributed by atoms with Crippen LogP contribution in [0.4, 0.5) is 0 Å². The highest BCUT2D eigenvalue weighted by molar-refractivity contribution is 5.55. The number of fused-ring (bicyclic) bond motifs is 1. The summed E-state index contributed by atoms with van der Waals surface area (Å²) < 4.78 is 13.6. The van der Waals surface area contributed by atoms with E-state index in [1.54, 1.807) is 6.20 Å². The number of hydrogen-bond donors (Lipinski definition) is 0.